The van der Waals surface area contributed by atoms with E-state index in [4.69, 9.17) is 5.73 Å². The number of ketones is 1. The molecule has 0 atom stereocenters. The number of hydrogen-bond donors (Lipinski definition) is 2. The maximum absolute atomic E-state index is 10.7. The maximum Gasteiger partial charge on any atom is 0.291 e. The maximum atomic E-state index is 10.7. The Morgan fingerprint density at radius 2 is 2.27 bits per heavy atom. The molecule has 0 aliphatic rings. The van der Waals surface area contributed by atoms with E-state index in [1.54, 1.807) is 0 Å². The number of hydrogen-bond acceptors (Lipinski definition) is 5. The molecule has 11 heavy (non-hydrogen) atoms. The molecule has 0 saturated carbocycles. The fraction of sp³-hybridized carbons (Fsp3) is 0.200. The lowest BCUT2D eigenvalue weighted by Crippen LogP contribution is -2.19. The van der Waals surface area contributed by atoms with Crippen LogP contribution in [0.4, 0.5) is 5.69 Å². The van der Waals surface area contributed by atoms with E-state index in [1.807, 2.05) is 5.10 Å². The van der Waals surface area contributed by atoms with Crippen molar-refractivity contribution in [2.45, 2.75) is 6.92 Å². The Morgan fingerprint density at radius 1 is 1.64 bits per heavy atom. The zero-order chi connectivity index (χ0) is 8.43. The summed E-state index contributed by atoms with van der Waals surface area (Å²) < 4.78 is 0. The molecule has 0 radical (unpaired) electrons. The molecule has 0 aliphatic carbocycles. The third kappa shape index (κ3) is 1.23. The summed E-state index contributed by atoms with van der Waals surface area (Å²) in [5.74, 6) is -0.374. The second kappa shape index (κ2) is 2.49. The number of H-pyrrole nitrogens is 1. The minimum Gasteiger partial charge on any atom is -0.392 e. The Balaban J connectivity index is 3.39. The van der Waals surface area contributed by atoms with E-state index in [0.29, 0.717) is 0 Å². The minimum absolute atomic E-state index is 0.0891. The van der Waals surface area contributed by atoms with Crippen molar-refractivity contribution in [2.75, 3.05) is 5.73 Å². The number of nitrogens with two attached hydrogens (primary N) is 1. The topological polar surface area (TPSA) is 102 Å². The lowest BCUT2D eigenvalue weighted by Gasteiger charge is -1.94. The van der Waals surface area contributed by atoms with Crippen molar-refractivity contribution in [1.29, 1.82) is 0 Å². The van der Waals surface area contributed by atoms with Crippen LogP contribution in [-0.4, -0.2) is 21.2 Å². The summed E-state index contributed by atoms with van der Waals surface area (Å²) in [6.45, 7) is 1.26. The normalized spacial score (nSPS) is 9.55. The van der Waals surface area contributed by atoms with Gasteiger partial charge in [0.2, 0.25) is 0 Å². The Labute approximate surface area is 61.4 Å². The van der Waals surface area contributed by atoms with Crippen LogP contribution in [-0.2, 0) is 0 Å². The van der Waals surface area contributed by atoms with Crippen LogP contribution in [0.25, 0.3) is 0 Å². The molecule has 0 amide bonds. The van der Waals surface area contributed by atoms with Crippen molar-refractivity contribution >= 4 is 11.5 Å². The lowest BCUT2D eigenvalue weighted by atomic mass is 10.3. The lowest BCUT2D eigenvalue weighted by molar-refractivity contribution is 0.101. The number of rotatable bonds is 1. The molecule has 1 aromatic heterocycles. The van der Waals surface area contributed by atoms with Gasteiger partial charge in [0.25, 0.3) is 5.56 Å². The molecule has 58 valence electrons. The number of aromatic nitrogens is 3. The highest BCUT2D eigenvalue weighted by molar-refractivity contribution is 5.96. The van der Waals surface area contributed by atoms with Gasteiger partial charge in [0.05, 0.1) is 0 Å². The van der Waals surface area contributed by atoms with E-state index in [-0.39, 0.29) is 17.2 Å². The van der Waals surface area contributed by atoms with E-state index in [1.165, 1.54) is 6.92 Å². The fourth-order valence-corrected chi connectivity index (χ4v) is 0.602. The molecule has 0 spiro atoms. The highest BCUT2D eigenvalue weighted by Gasteiger charge is 2.08. The van der Waals surface area contributed by atoms with Crippen LogP contribution in [0.5, 0.6) is 0 Å². The summed E-state index contributed by atoms with van der Waals surface area (Å²) in [7, 11) is 0. The van der Waals surface area contributed by atoms with Crippen molar-refractivity contribution in [3.63, 3.8) is 0 Å². The number of carbonyl (C=O) groups is 1. The SMILES string of the molecule is CC(=O)c1nn[nH]c(=O)c1N. The molecule has 6 nitrogen and oxygen atoms in total. The van der Waals surface area contributed by atoms with Gasteiger partial charge in [-0.3, -0.25) is 9.59 Å². The van der Waals surface area contributed by atoms with E-state index in [2.05, 4.69) is 10.3 Å². The second-order valence-corrected chi connectivity index (χ2v) is 1.96. The van der Waals surface area contributed by atoms with Crippen LogP contribution in [0.1, 0.15) is 17.4 Å². The van der Waals surface area contributed by atoms with Crippen LogP contribution < -0.4 is 11.3 Å². The van der Waals surface area contributed by atoms with Gasteiger partial charge in [-0.15, -0.1) is 5.10 Å². The average Bonchev–Trinajstić information content (AvgIpc) is 1.94. The minimum atomic E-state index is -0.592. The Morgan fingerprint density at radius 3 is 2.73 bits per heavy atom. The van der Waals surface area contributed by atoms with Crippen LogP contribution in [0.3, 0.4) is 0 Å². The van der Waals surface area contributed by atoms with E-state index < -0.39 is 5.56 Å². The molecule has 0 fully saturated rings. The van der Waals surface area contributed by atoms with Gasteiger partial charge >= 0.3 is 0 Å². The molecule has 0 saturated heterocycles. The zero-order valence-electron chi connectivity index (χ0n) is 5.79. The van der Waals surface area contributed by atoms with Gasteiger partial charge in [0.1, 0.15) is 5.69 Å². The first-order valence-corrected chi connectivity index (χ1v) is 2.84. The third-order valence-corrected chi connectivity index (χ3v) is 1.13. The summed E-state index contributed by atoms with van der Waals surface area (Å²) in [6.07, 6.45) is 0. The van der Waals surface area contributed by atoms with Gasteiger partial charge in [-0.25, -0.2) is 5.10 Å². The van der Waals surface area contributed by atoms with Crippen LogP contribution in [0, 0.1) is 0 Å². The third-order valence-electron chi connectivity index (χ3n) is 1.13. The van der Waals surface area contributed by atoms with Crippen LogP contribution >= 0.6 is 0 Å². The van der Waals surface area contributed by atoms with Crippen molar-refractivity contribution in [2.24, 2.45) is 0 Å². The van der Waals surface area contributed by atoms with Gasteiger partial charge in [-0.1, -0.05) is 5.21 Å². The fourth-order valence-electron chi connectivity index (χ4n) is 0.602. The zero-order valence-corrected chi connectivity index (χ0v) is 5.79. The van der Waals surface area contributed by atoms with Crippen molar-refractivity contribution in [3.05, 3.63) is 16.0 Å². The predicted molar refractivity (Wildman–Crippen MR) is 37.1 cm³/mol. The molecular formula is C5H6N4O2. The summed E-state index contributed by atoms with van der Waals surface area (Å²) in [5.41, 5.74) is 4.35. The molecular weight excluding hydrogens is 148 g/mol. The van der Waals surface area contributed by atoms with Gasteiger partial charge in [-0.05, 0) is 0 Å². The highest BCUT2D eigenvalue weighted by Crippen LogP contribution is 1.98. The average molecular weight is 154 g/mol. The summed E-state index contributed by atoms with van der Waals surface area (Å²) in [5, 5.41) is 8.54. The number of Topliss-reactive ketones (excluding diaryl/α,β-unsaturated/α-hetero) is 1. The van der Waals surface area contributed by atoms with E-state index in [9.17, 15) is 9.59 Å². The number of nitrogens with one attached hydrogen (secondary N) is 1. The summed E-state index contributed by atoms with van der Waals surface area (Å²) in [6, 6.07) is 0. The smallest absolute Gasteiger partial charge is 0.291 e. The molecule has 3 N–H and O–H groups in total. The first kappa shape index (κ1) is 7.39. The summed E-state index contributed by atoms with van der Waals surface area (Å²) >= 11 is 0. The van der Waals surface area contributed by atoms with Gasteiger partial charge in [0, 0.05) is 6.92 Å². The van der Waals surface area contributed by atoms with Crippen LogP contribution in [0.15, 0.2) is 4.79 Å². The molecule has 0 aliphatic heterocycles. The molecule has 0 bridgehead atoms. The standard InChI is InChI=1S/C5H6N4O2/c1-2(10)4-3(6)5(11)8-9-7-4/h1H3,(H2,6,9)(H,7,8,11). The monoisotopic (exact) mass is 154 g/mol. The van der Waals surface area contributed by atoms with Gasteiger partial charge in [-0.2, -0.15) is 0 Å². The first-order chi connectivity index (χ1) is 5.13. The molecule has 0 aromatic carbocycles. The Hall–Kier alpha value is -1.72. The molecule has 6 heteroatoms. The quantitative estimate of drug-likeness (QED) is 0.502. The van der Waals surface area contributed by atoms with E-state index >= 15 is 0 Å². The highest BCUT2D eigenvalue weighted by atomic mass is 16.1. The first-order valence-electron chi connectivity index (χ1n) is 2.84. The van der Waals surface area contributed by atoms with Crippen molar-refractivity contribution < 1.29 is 4.79 Å². The summed E-state index contributed by atoms with van der Waals surface area (Å²) in [4.78, 5) is 21.4. The molecule has 0 unspecified atom stereocenters. The van der Waals surface area contributed by atoms with Gasteiger partial charge < -0.3 is 5.73 Å². The van der Waals surface area contributed by atoms with Crippen LogP contribution in [0.2, 0.25) is 0 Å². The predicted octanol–water partition coefficient (Wildman–Crippen LogP) is -1.05. The molecule has 1 rings (SSSR count). The van der Waals surface area contributed by atoms with Crippen molar-refractivity contribution in [3.8, 4) is 0 Å². The molecule has 1 heterocycles. The van der Waals surface area contributed by atoms with Crippen molar-refractivity contribution in [1.82, 2.24) is 15.4 Å². The second-order valence-electron chi connectivity index (χ2n) is 1.96. The van der Waals surface area contributed by atoms with E-state index in [0.717, 1.165) is 0 Å². The Bertz CT molecular complexity index is 343. The number of aromatic amines is 1. The largest absolute Gasteiger partial charge is 0.392 e. The Kier molecular flexibility index (Phi) is 1.67. The number of anilines is 1. The molecule has 1 aromatic rings. The number of carbonyl (C=O) groups excluding carboxylic acids is 1. The van der Waals surface area contributed by atoms with Gasteiger partial charge in [0.15, 0.2) is 11.5 Å². The number of nitrogens with zero attached hydrogens (tertiary/aromatic N) is 2. The number of nitrogen functional groups attached to an aromatic ring is 1.